The van der Waals surface area contributed by atoms with Crippen molar-refractivity contribution < 1.29 is 0 Å². The van der Waals surface area contributed by atoms with Gasteiger partial charge in [0.05, 0.1) is 5.69 Å². The van der Waals surface area contributed by atoms with Crippen LogP contribution in [0.4, 0.5) is 5.82 Å². The van der Waals surface area contributed by atoms with Crippen LogP contribution in [0.3, 0.4) is 0 Å². The summed E-state index contributed by atoms with van der Waals surface area (Å²) in [5, 5.41) is 8.22. The zero-order valence-corrected chi connectivity index (χ0v) is 13.0. The average molecular weight is 264 g/mol. The lowest BCUT2D eigenvalue weighted by Crippen LogP contribution is -2.31. The molecular weight excluding hydrogens is 236 g/mol. The number of hydrogen-bond acceptors (Lipinski definition) is 3. The number of nitrogens with zero attached hydrogens (tertiary/aromatic N) is 3. The maximum absolute atomic E-state index is 4.61. The van der Waals surface area contributed by atoms with Crippen molar-refractivity contribution in [2.24, 2.45) is 7.05 Å². The Morgan fingerprint density at radius 3 is 2.74 bits per heavy atom. The van der Waals surface area contributed by atoms with E-state index in [2.05, 4.69) is 50.2 Å². The zero-order valence-electron chi connectivity index (χ0n) is 13.0. The van der Waals surface area contributed by atoms with E-state index >= 15 is 0 Å². The Morgan fingerprint density at radius 1 is 1.47 bits per heavy atom. The van der Waals surface area contributed by atoms with Crippen LogP contribution >= 0.6 is 0 Å². The van der Waals surface area contributed by atoms with Crippen LogP contribution in [0.5, 0.6) is 0 Å². The molecule has 108 valence electrons. The predicted molar refractivity (Wildman–Crippen MR) is 80.6 cm³/mol. The van der Waals surface area contributed by atoms with Gasteiger partial charge in [0.15, 0.2) is 0 Å². The molecule has 1 aliphatic rings. The smallest absolute Gasteiger partial charge is 0.131 e. The van der Waals surface area contributed by atoms with E-state index in [-0.39, 0.29) is 0 Å². The van der Waals surface area contributed by atoms with Crippen LogP contribution in [0.25, 0.3) is 0 Å². The van der Waals surface area contributed by atoms with Gasteiger partial charge in [-0.05, 0) is 33.1 Å². The Bertz CT molecular complexity index is 420. The van der Waals surface area contributed by atoms with E-state index in [1.807, 2.05) is 4.68 Å². The number of nitrogens with one attached hydrogen (secondary N) is 1. The molecule has 0 radical (unpaired) electrons. The van der Waals surface area contributed by atoms with Crippen molar-refractivity contribution in [3.63, 3.8) is 0 Å². The molecule has 0 aromatic carbocycles. The molecule has 19 heavy (non-hydrogen) atoms. The van der Waals surface area contributed by atoms with Crippen LogP contribution < -0.4 is 10.2 Å². The molecule has 1 aliphatic carbocycles. The molecule has 0 saturated heterocycles. The van der Waals surface area contributed by atoms with E-state index in [1.54, 1.807) is 0 Å². The minimum Gasteiger partial charge on any atom is -0.357 e. The zero-order chi connectivity index (χ0) is 14.0. The monoisotopic (exact) mass is 264 g/mol. The van der Waals surface area contributed by atoms with Crippen molar-refractivity contribution >= 4 is 5.82 Å². The fourth-order valence-electron chi connectivity index (χ4n) is 2.69. The molecule has 0 amide bonds. The standard InChI is InChI=1S/C15H28N4/c1-6-7-11(2)18(4)15-14(10-16-13-8-9-13)12(3)17-19(15)5/h11,13,16H,6-10H2,1-5H3. The SMILES string of the molecule is CCCC(C)N(C)c1c(CNC2CC2)c(C)nn1C. The van der Waals surface area contributed by atoms with Gasteiger partial charge in [0.2, 0.25) is 0 Å². The third kappa shape index (κ3) is 3.30. The molecule has 0 bridgehead atoms. The van der Waals surface area contributed by atoms with Crippen molar-refractivity contribution in [1.29, 1.82) is 0 Å². The third-order valence-electron chi connectivity index (χ3n) is 4.16. The number of rotatable bonds is 7. The molecule has 1 aromatic rings. The normalized spacial score (nSPS) is 16.7. The highest BCUT2D eigenvalue weighted by molar-refractivity contribution is 5.50. The lowest BCUT2D eigenvalue weighted by Gasteiger charge is -2.28. The van der Waals surface area contributed by atoms with Gasteiger partial charge in [0, 0.05) is 38.3 Å². The first-order chi connectivity index (χ1) is 9.04. The molecule has 1 unspecified atom stereocenters. The summed E-state index contributed by atoms with van der Waals surface area (Å²) in [5.74, 6) is 1.27. The quantitative estimate of drug-likeness (QED) is 0.822. The highest BCUT2D eigenvalue weighted by Crippen LogP contribution is 2.26. The van der Waals surface area contributed by atoms with Crippen molar-refractivity contribution in [3.05, 3.63) is 11.3 Å². The first-order valence-electron chi connectivity index (χ1n) is 7.53. The minimum absolute atomic E-state index is 0.555. The predicted octanol–water partition coefficient (Wildman–Crippen LogP) is 2.61. The minimum atomic E-state index is 0.555. The van der Waals surface area contributed by atoms with Crippen LogP contribution in [-0.4, -0.2) is 28.9 Å². The molecule has 2 rings (SSSR count). The molecule has 1 aromatic heterocycles. The maximum Gasteiger partial charge on any atom is 0.131 e. The summed E-state index contributed by atoms with van der Waals surface area (Å²) < 4.78 is 2.03. The van der Waals surface area contributed by atoms with E-state index in [0.29, 0.717) is 6.04 Å². The van der Waals surface area contributed by atoms with Crippen LogP contribution in [0, 0.1) is 6.92 Å². The molecule has 4 heteroatoms. The number of aryl methyl sites for hydroxylation is 2. The molecule has 1 heterocycles. The van der Waals surface area contributed by atoms with Gasteiger partial charge in [-0.15, -0.1) is 0 Å². The summed E-state index contributed by atoms with van der Waals surface area (Å²) in [6, 6.07) is 1.30. The lowest BCUT2D eigenvalue weighted by molar-refractivity contribution is 0.590. The van der Waals surface area contributed by atoms with E-state index in [1.165, 1.54) is 37.1 Å². The number of anilines is 1. The summed E-state index contributed by atoms with van der Waals surface area (Å²) in [7, 11) is 4.25. The van der Waals surface area contributed by atoms with Crippen LogP contribution in [0.1, 0.15) is 50.8 Å². The largest absolute Gasteiger partial charge is 0.357 e. The van der Waals surface area contributed by atoms with Gasteiger partial charge < -0.3 is 10.2 Å². The van der Waals surface area contributed by atoms with Crippen molar-refractivity contribution in [2.45, 2.75) is 65.1 Å². The van der Waals surface area contributed by atoms with E-state index in [0.717, 1.165) is 18.3 Å². The topological polar surface area (TPSA) is 33.1 Å². The second-order valence-electron chi connectivity index (χ2n) is 5.91. The summed E-state index contributed by atoms with van der Waals surface area (Å²) in [6.07, 6.45) is 5.10. The Hall–Kier alpha value is -1.03. The lowest BCUT2D eigenvalue weighted by atomic mass is 10.1. The van der Waals surface area contributed by atoms with Crippen LogP contribution in [0.15, 0.2) is 0 Å². The van der Waals surface area contributed by atoms with Crippen LogP contribution in [0.2, 0.25) is 0 Å². The van der Waals surface area contributed by atoms with E-state index in [4.69, 9.17) is 0 Å². The average Bonchev–Trinajstić information content (AvgIpc) is 3.13. The molecule has 1 saturated carbocycles. The van der Waals surface area contributed by atoms with E-state index < -0.39 is 0 Å². The second kappa shape index (κ2) is 5.95. The highest BCUT2D eigenvalue weighted by atomic mass is 15.4. The van der Waals surface area contributed by atoms with Gasteiger partial charge in [-0.2, -0.15) is 5.10 Å². The number of hydrogen-bond donors (Lipinski definition) is 1. The first-order valence-corrected chi connectivity index (χ1v) is 7.53. The van der Waals surface area contributed by atoms with Gasteiger partial charge in [0.1, 0.15) is 5.82 Å². The molecule has 0 spiro atoms. The van der Waals surface area contributed by atoms with Crippen molar-refractivity contribution in [1.82, 2.24) is 15.1 Å². The molecule has 1 atom stereocenters. The highest BCUT2D eigenvalue weighted by Gasteiger charge is 2.24. The van der Waals surface area contributed by atoms with E-state index in [9.17, 15) is 0 Å². The second-order valence-corrected chi connectivity index (χ2v) is 5.91. The molecular formula is C15H28N4. The van der Waals surface area contributed by atoms with Gasteiger partial charge in [0.25, 0.3) is 0 Å². The summed E-state index contributed by atoms with van der Waals surface area (Å²) >= 11 is 0. The Morgan fingerprint density at radius 2 is 2.16 bits per heavy atom. The fourth-order valence-corrected chi connectivity index (χ4v) is 2.69. The number of aromatic nitrogens is 2. The van der Waals surface area contributed by atoms with Gasteiger partial charge >= 0.3 is 0 Å². The van der Waals surface area contributed by atoms with Crippen molar-refractivity contribution in [3.8, 4) is 0 Å². The third-order valence-corrected chi connectivity index (χ3v) is 4.16. The molecule has 0 aliphatic heterocycles. The van der Waals surface area contributed by atoms with Gasteiger partial charge in [-0.3, -0.25) is 4.68 Å². The molecule has 1 fully saturated rings. The Balaban J connectivity index is 2.16. The van der Waals surface area contributed by atoms with Crippen LogP contribution in [-0.2, 0) is 13.6 Å². The summed E-state index contributed by atoms with van der Waals surface area (Å²) in [4.78, 5) is 2.38. The summed E-state index contributed by atoms with van der Waals surface area (Å²) in [6.45, 7) is 7.60. The maximum atomic E-state index is 4.61. The first kappa shape index (κ1) is 14.4. The van der Waals surface area contributed by atoms with Crippen molar-refractivity contribution in [2.75, 3.05) is 11.9 Å². The fraction of sp³-hybridized carbons (Fsp3) is 0.800. The van der Waals surface area contributed by atoms with Gasteiger partial charge in [-0.25, -0.2) is 0 Å². The summed E-state index contributed by atoms with van der Waals surface area (Å²) in [5.41, 5.74) is 2.51. The Kier molecular flexibility index (Phi) is 4.50. The van der Waals surface area contributed by atoms with Gasteiger partial charge in [-0.1, -0.05) is 13.3 Å². The molecule has 1 N–H and O–H groups in total. The molecule has 4 nitrogen and oxygen atoms in total. The Labute approximate surface area is 117 Å².